The number of rotatable bonds is 8. The molecule has 28 heavy (non-hydrogen) atoms. The average Bonchev–Trinajstić information content (AvgIpc) is 3.15. The molecule has 0 radical (unpaired) electrons. The number of hydrogen-bond donors (Lipinski definition) is 1. The minimum atomic E-state index is -0.761. The molecule has 1 N–H and O–H groups in total. The number of nitrogens with one attached hydrogen (secondary N) is 1. The second-order valence-corrected chi connectivity index (χ2v) is 6.41. The number of carbonyl (C=O) groups excluding carboxylic acids is 2. The summed E-state index contributed by atoms with van der Waals surface area (Å²) < 4.78 is 16.5. The van der Waals surface area contributed by atoms with Crippen LogP contribution in [0.25, 0.3) is 11.0 Å². The molecule has 2 atom stereocenters. The summed E-state index contributed by atoms with van der Waals surface area (Å²) >= 11 is 0. The van der Waals surface area contributed by atoms with E-state index in [1.54, 1.807) is 12.1 Å². The van der Waals surface area contributed by atoms with Gasteiger partial charge in [-0.1, -0.05) is 43.3 Å². The lowest BCUT2D eigenvalue weighted by atomic mass is 10.2. The van der Waals surface area contributed by atoms with E-state index in [0.29, 0.717) is 17.9 Å². The van der Waals surface area contributed by atoms with Gasteiger partial charge in [-0.2, -0.15) is 0 Å². The molecule has 0 spiro atoms. The Bertz CT molecular complexity index is 901. The van der Waals surface area contributed by atoms with Crippen LogP contribution in [0.2, 0.25) is 0 Å². The summed E-state index contributed by atoms with van der Waals surface area (Å²) in [6, 6.07) is 18.2. The molecule has 0 aliphatic heterocycles. The number of hydrogen-bond acceptors (Lipinski definition) is 5. The van der Waals surface area contributed by atoms with Crippen molar-refractivity contribution in [2.24, 2.45) is 0 Å². The minimum absolute atomic E-state index is 0.346. The van der Waals surface area contributed by atoms with Gasteiger partial charge in [-0.3, -0.25) is 4.79 Å². The molecule has 1 amide bonds. The number of esters is 1. The lowest BCUT2D eigenvalue weighted by molar-refractivity contribution is -0.155. The highest BCUT2D eigenvalue weighted by atomic mass is 16.6. The van der Waals surface area contributed by atoms with Gasteiger partial charge in [0.2, 0.25) is 0 Å². The van der Waals surface area contributed by atoms with Crippen LogP contribution in [0, 0.1) is 0 Å². The summed E-state index contributed by atoms with van der Waals surface area (Å²) in [6.07, 6.45) is -0.326. The van der Waals surface area contributed by atoms with Crippen molar-refractivity contribution < 1.29 is 23.5 Å². The van der Waals surface area contributed by atoms with Gasteiger partial charge in [0.05, 0.1) is 6.04 Å². The van der Waals surface area contributed by atoms with Crippen molar-refractivity contribution in [3.05, 3.63) is 66.4 Å². The Morgan fingerprint density at radius 3 is 2.50 bits per heavy atom. The Balaban J connectivity index is 1.50. The second kappa shape index (κ2) is 9.08. The van der Waals surface area contributed by atoms with E-state index in [4.69, 9.17) is 13.9 Å². The third-order valence-corrected chi connectivity index (χ3v) is 4.25. The predicted octanol–water partition coefficient (Wildman–Crippen LogP) is 4.01. The SMILES string of the molecule is CC[C@@H](Oc1ccccc1)C(=O)OCC(=O)N[C@@H](C)c1cc2ccccc2o1. The maximum atomic E-state index is 12.2. The van der Waals surface area contributed by atoms with E-state index in [2.05, 4.69) is 5.32 Å². The number of fused-ring (bicyclic) bond motifs is 1. The largest absolute Gasteiger partial charge is 0.479 e. The van der Waals surface area contributed by atoms with E-state index < -0.39 is 18.0 Å². The van der Waals surface area contributed by atoms with Crippen LogP contribution in [0.5, 0.6) is 5.75 Å². The third kappa shape index (κ3) is 4.91. The summed E-state index contributed by atoms with van der Waals surface area (Å²) in [5.41, 5.74) is 0.758. The highest BCUT2D eigenvalue weighted by Crippen LogP contribution is 2.23. The fourth-order valence-electron chi connectivity index (χ4n) is 2.76. The maximum absolute atomic E-state index is 12.2. The fraction of sp³-hybridized carbons (Fsp3) is 0.273. The number of amides is 1. The van der Waals surface area contributed by atoms with Crippen molar-refractivity contribution in [3.8, 4) is 5.75 Å². The summed E-state index contributed by atoms with van der Waals surface area (Å²) in [5, 5.41) is 3.73. The zero-order valence-electron chi connectivity index (χ0n) is 15.9. The summed E-state index contributed by atoms with van der Waals surface area (Å²) in [6.45, 7) is 3.25. The van der Waals surface area contributed by atoms with Crippen LogP contribution in [-0.4, -0.2) is 24.6 Å². The van der Waals surface area contributed by atoms with Crippen molar-refractivity contribution in [1.29, 1.82) is 0 Å². The van der Waals surface area contributed by atoms with Crippen LogP contribution >= 0.6 is 0 Å². The normalized spacial score (nSPS) is 12.9. The van der Waals surface area contributed by atoms with Crippen LogP contribution < -0.4 is 10.1 Å². The molecule has 0 fully saturated rings. The van der Waals surface area contributed by atoms with Gasteiger partial charge in [0.1, 0.15) is 17.1 Å². The second-order valence-electron chi connectivity index (χ2n) is 6.41. The maximum Gasteiger partial charge on any atom is 0.347 e. The van der Waals surface area contributed by atoms with Gasteiger partial charge >= 0.3 is 5.97 Å². The van der Waals surface area contributed by atoms with Crippen LogP contribution in [0.3, 0.4) is 0 Å². The van der Waals surface area contributed by atoms with Crippen LogP contribution in [0.4, 0.5) is 0 Å². The molecule has 0 aliphatic carbocycles. The molecular formula is C22H23NO5. The topological polar surface area (TPSA) is 77.8 Å². The molecule has 6 nitrogen and oxygen atoms in total. The first-order valence-corrected chi connectivity index (χ1v) is 9.23. The molecular weight excluding hydrogens is 358 g/mol. The lowest BCUT2D eigenvalue weighted by Crippen LogP contribution is -2.35. The van der Waals surface area contributed by atoms with Crippen molar-refractivity contribution in [2.45, 2.75) is 32.4 Å². The Morgan fingerprint density at radius 2 is 1.79 bits per heavy atom. The van der Waals surface area contributed by atoms with Crippen molar-refractivity contribution in [3.63, 3.8) is 0 Å². The number of para-hydroxylation sites is 2. The molecule has 2 aromatic carbocycles. The number of furan rings is 1. The smallest absolute Gasteiger partial charge is 0.347 e. The Labute approximate surface area is 163 Å². The van der Waals surface area contributed by atoms with Gasteiger partial charge in [-0.25, -0.2) is 4.79 Å². The van der Waals surface area contributed by atoms with Crippen molar-refractivity contribution in [1.82, 2.24) is 5.32 Å². The standard InChI is InChI=1S/C22H23NO5/c1-3-18(27-17-10-5-4-6-11-17)22(25)26-14-21(24)23-15(2)20-13-16-9-7-8-12-19(16)28-20/h4-13,15,18H,3,14H2,1-2H3,(H,23,24)/t15-,18+/m0/s1. The van der Waals surface area contributed by atoms with E-state index >= 15 is 0 Å². The van der Waals surface area contributed by atoms with Gasteiger partial charge in [-0.05, 0) is 37.6 Å². The first kappa shape index (κ1) is 19.5. The van der Waals surface area contributed by atoms with Gasteiger partial charge in [0.15, 0.2) is 12.7 Å². The zero-order valence-corrected chi connectivity index (χ0v) is 15.9. The summed E-state index contributed by atoms with van der Waals surface area (Å²) in [4.78, 5) is 24.4. The van der Waals surface area contributed by atoms with E-state index in [-0.39, 0.29) is 12.6 Å². The van der Waals surface area contributed by atoms with Gasteiger partial charge < -0.3 is 19.2 Å². The molecule has 3 aromatic rings. The number of benzene rings is 2. The first-order chi connectivity index (χ1) is 13.6. The molecule has 0 saturated heterocycles. The first-order valence-electron chi connectivity index (χ1n) is 9.23. The fourth-order valence-corrected chi connectivity index (χ4v) is 2.76. The molecule has 0 saturated carbocycles. The van der Waals surface area contributed by atoms with Crippen LogP contribution in [0.1, 0.15) is 32.1 Å². The number of carbonyl (C=O) groups is 2. The van der Waals surface area contributed by atoms with E-state index in [1.807, 2.05) is 62.4 Å². The van der Waals surface area contributed by atoms with Gasteiger partial charge in [0.25, 0.3) is 5.91 Å². The predicted molar refractivity (Wildman–Crippen MR) is 105 cm³/mol. The van der Waals surface area contributed by atoms with Gasteiger partial charge in [0, 0.05) is 5.39 Å². The monoisotopic (exact) mass is 381 g/mol. The molecule has 0 aliphatic rings. The van der Waals surface area contributed by atoms with Crippen LogP contribution in [-0.2, 0) is 14.3 Å². The molecule has 6 heteroatoms. The van der Waals surface area contributed by atoms with E-state index in [0.717, 1.165) is 11.0 Å². The minimum Gasteiger partial charge on any atom is -0.479 e. The van der Waals surface area contributed by atoms with Crippen LogP contribution in [0.15, 0.2) is 65.1 Å². The highest BCUT2D eigenvalue weighted by Gasteiger charge is 2.22. The van der Waals surface area contributed by atoms with Crippen molar-refractivity contribution >= 4 is 22.8 Å². The van der Waals surface area contributed by atoms with E-state index in [1.165, 1.54) is 0 Å². The number of ether oxygens (including phenoxy) is 2. The zero-order chi connectivity index (χ0) is 19.9. The quantitative estimate of drug-likeness (QED) is 0.597. The van der Waals surface area contributed by atoms with Crippen molar-refractivity contribution in [2.75, 3.05) is 6.61 Å². The Hall–Kier alpha value is -3.28. The molecule has 0 bridgehead atoms. The van der Waals surface area contributed by atoms with Gasteiger partial charge in [-0.15, -0.1) is 0 Å². The average molecular weight is 381 g/mol. The summed E-state index contributed by atoms with van der Waals surface area (Å²) in [5.74, 6) is 0.239. The molecule has 1 aromatic heterocycles. The molecule has 0 unspecified atom stereocenters. The van der Waals surface area contributed by atoms with E-state index in [9.17, 15) is 9.59 Å². The Kier molecular flexibility index (Phi) is 6.32. The molecule has 3 rings (SSSR count). The molecule has 1 heterocycles. The Morgan fingerprint density at radius 1 is 1.07 bits per heavy atom. The third-order valence-electron chi connectivity index (χ3n) is 4.25. The molecule has 146 valence electrons. The highest BCUT2D eigenvalue weighted by molar-refractivity contribution is 5.83. The lowest BCUT2D eigenvalue weighted by Gasteiger charge is -2.17. The summed E-state index contributed by atoms with van der Waals surface area (Å²) in [7, 11) is 0.